The molecule has 0 radical (unpaired) electrons. The Hall–Kier alpha value is 0.314. The van der Waals surface area contributed by atoms with E-state index in [2.05, 4.69) is 0 Å². The summed E-state index contributed by atoms with van der Waals surface area (Å²) in [5.41, 5.74) is 0. The topological polar surface area (TPSA) is 27.7 Å². The molecule has 0 rings (SSSR count). The van der Waals surface area contributed by atoms with Gasteiger partial charge in [0.15, 0.2) is 5.79 Å². The monoisotopic (exact) mass is 194 g/mol. The lowest BCUT2D eigenvalue weighted by Gasteiger charge is -2.40. The van der Waals surface area contributed by atoms with Gasteiger partial charge in [-0.3, -0.25) is 0 Å². The maximum absolute atomic E-state index is 5.36. The maximum Gasteiger partial charge on any atom is 0.185 e. The standard InChI is InChI=1S/C6H18O3Si2/c1-5(7-2,8-3)6(10,11)9-4/h1-4,10-11H3. The van der Waals surface area contributed by atoms with Crippen molar-refractivity contribution in [2.75, 3.05) is 21.3 Å². The highest BCUT2D eigenvalue weighted by molar-refractivity contribution is 6.39. The van der Waals surface area contributed by atoms with Gasteiger partial charge < -0.3 is 14.2 Å². The molecule has 0 atom stereocenters. The fourth-order valence-corrected chi connectivity index (χ4v) is 1.58. The number of hydrogen-bond acceptors (Lipinski definition) is 3. The Morgan fingerprint density at radius 3 is 1.36 bits per heavy atom. The van der Waals surface area contributed by atoms with Gasteiger partial charge in [-0.05, 0) is 6.92 Å². The van der Waals surface area contributed by atoms with Gasteiger partial charge in [-0.25, -0.2) is 0 Å². The number of methoxy groups -OCH3 is 3. The van der Waals surface area contributed by atoms with Gasteiger partial charge in [0.05, 0.1) is 4.85 Å². The van der Waals surface area contributed by atoms with E-state index in [1.54, 1.807) is 21.3 Å². The smallest absolute Gasteiger partial charge is 0.185 e. The van der Waals surface area contributed by atoms with Gasteiger partial charge in [-0.15, -0.1) is 0 Å². The molecule has 0 spiro atoms. The van der Waals surface area contributed by atoms with Crippen molar-refractivity contribution in [1.82, 2.24) is 0 Å². The molecule has 0 unspecified atom stereocenters. The highest BCUT2D eigenvalue weighted by atomic mass is 28.2. The molecular weight excluding hydrogens is 176 g/mol. The van der Waals surface area contributed by atoms with Crippen molar-refractivity contribution in [2.45, 2.75) is 17.6 Å². The van der Waals surface area contributed by atoms with E-state index in [1.165, 1.54) is 0 Å². The average Bonchev–Trinajstić information content (AvgIpc) is 2.02. The Labute approximate surface area is 74.2 Å². The van der Waals surface area contributed by atoms with Crippen molar-refractivity contribution in [3.05, 3.63) is 0 Å². The van der Waals surface area contributed by atoms with Crippen molar-refractivity contribution >= 4 is 20.5 Å². The van der Waals surface area contributed by atoms with Crippen molar-refractivity contribution in [1.29, 1.82) is 0 Å². The molecule has 0 saturated heterocycles. The predicted octanol–water partition coefficient (Wildman–Crippen LogP) is -1.97. The Morgan fingerprint density at radius 2 is 1.27 bits per heavy atom. The van der Waals surface area contributed by atoms with Crippen LogP contribution in [0.25, 0.3) is 0 Å². The lowest BCUT2D eigenvalue weighted by atomic mass is 10.3. The van der Waals surface area contributed by atoms with Crippen LogP contribution in [0.3, 0.4) is 0 Å². The van der Waals surface area contributed by atoms with Crippen LogP contribution in [-0.4, -0.2) is 52.4 Å². The van der Waals surface area contributed by atoms with Gasteiger partial charge in [0.2, 0.25) is 0 Å². The average molecular weight is 194 g/mol. The summed E-state index contributed by atoms with van der Waals surface area (Å²) in [7, 11) is 6.83. The molecule has 0 bridgehead atoms. The van der Waals surface area contributed by atoms with Gasteiger partial charge in [-0.2, -0.15) is 0 Å². The zero-order valence-corrected chi connectivity index (χ0v) is 12.2. The van der Waals surface area contributed by atoms with Crippen molar-refractivity contribution < 1.29 is 14.2 Å². The molecule has 0 aliphatic rings. The van der Waals surface area contributed by atoms with Gasteiger partial charge in [0, 0.05) is 41.8 Å². The van der Waals surface area contributed by atoms with E-state index in [4.69, 9.17) is 14.2 Å². The van der Waals surface area contributed by atoms with Gasteiger partial charge in [0.1, 0.15) is 0 Å². The lowest BCUT2D eigenvalue weighted by Crippen LogP contribution is -2.57. The van der Waals surface area contributed by atoms with Gasteiger partial charge in [-0.1, -0.05) is 0 Å². The SMILES string of the molecule is COC([SiH3])([SiH3])C(C)(OC)OC. The number of rotatable bonds is 4. The Balaban J connectivity index is 4.47. The molecule has 0 aliphatic carbocycles. The van der Waals surface area contributed by atoms with Crippen LogP contribution in [-0.2, 0) is 14.2 Å². The maximum atomic E-state index is 5.36. The van der Waals surface area contributed by atoms with Crippen LogP contribution in [0, 0.1) is 0 Å². The quantitative estimate of drug-likeness (QED) is 0.384. The first-order chi connectivity index (χ1) is 4.93. The summed E-state index contributed by atoms with van der Waals surface area (Å²) in [6.45, 7) is 1.91. The second-order valence-electron chi connectivity index (χ2n) is 3.07. The zero-order valence-electron chi connectivity index (χ0n) is 8.22. The van der Waals surface area contributed by atoms with Crippen molar-refractivity contribution in [3.63, 3.8) is 0 Å². The summed E-state index contributed by atoms with van der Waals surface area (Å²) in [4.78, 5) is -0.170. The van der Waals surface area contributed by atoms with E-state index in [-0.39, 0.29) is 4.85 Å². The summed E-state index contributed by atoms with van der Waals surface area (Å²) in [5, 5.41) is 0. The van der Waals surface area contributed by atoms with Crippen LogP contribution in [0.4, 0.5) is 0 Å². The molecule has 0 heterocycles. The van der Waals surface area contributed by atoms with Crippen LogP contribution >= 0.6 is 0 Å². The number of ether oxygens (including phenoxy) is 3. The molecule has 0 aliphatic heterocycles. The summed E-state index contributed by atoms with van der Waals surface area (Å²) in [6, 6.07) is 0. The molecule has 0 saturated carbocycles. The van der Waals surface area contributed by atoms with Gasteiger partial charge >= 0.3 is 0 Å². The summed E-state index contributed by atoms with van der Waals surface area (Å²) in [6.07, 6.45) is 0. The Bertz CT molecular complexity index is 123. The van der Waals surface area contributed by atoms with Crippen LogP contribution in [0.5, 0.6) is 0 Å². The molecule has 0 aromatic carbocycles. The third kappa shape index (κ3) is 2.13. The first kappa shape index (κ1) is 11.3. The third-order valence-corrected chi connectivity index (χ3v) is 5.02. The zero-order chi connectivity index (χ0) is 9.12. The molecule has 11 heavy (non-hydrogen) atoms. The Kier molecular flexibility index (Phi) is 3.92. The summed E-state index contributed by atoms with van der Waals surface area (Å²) >= 11 is 0. The van der Waals surface area contributed by atoms with E-state index in [1.807, 2.05) is 6.92 Å². The second-order valence-corrected chi connectivity index (χ2v) is 8.88. The van der Waals surface area contributed by atoms with Crippen LogP contribution < -0.4 is 0 Å². The summed E-state index contributed by atoms with van der Waals surface area (Å²) in [5.74, 6) is -0.569. The second kappa shape index (κ2) is 3.82. The van der Waals surface area contributed by atoms with Crippen molar-refractivity contribution in [2.24, 2.45) is 0 Å². The molecule has 5 heteroatoms. The first-order valence-electron chi connectivity index (χ1n) is 3.59. The molecule has 3 nitrogen and oxygen atoms in total. The van der Waals surface area contributed by atoms with E-state index in [9.17, 15) is 0 Å². The van der Waals surface area contributed by atoms with Gasteiger partial charge in [0.25, 0.3) is 0 Å². The van der Waals surface area contributed by atoms with E-state index < -0.39 is 5.79 Å². The van der Waals surface area contributed by atoms with Crippen LogP contribution in [0.15, 0.2) is 0 Å². The largest absolute Gasteiger partial charge is 0.382 e. The minimum Gasteiger partial charge on any atom is -0.382 e. The minimum atomic E-state index is -0.569. The van der Waals surface area contributed by atoms with Crippen molar-refractivity contribution in [3.8, 4) is 0 Å². The third-order valence-electron chi connectivity index (χ3n) is 2.38. The van der Waals surface area contributed by atoms with Crippen LogP contribution in [0.2, 0.25) is 0 Å². The van der Waals surface area contributed by atoms with E-state index in [0.717, 1.165) is 20.5 Å². The predicted molar refractivity (Wildman–Crippen MR) is 52.0 cm³/mol. The normalized spacial score (nSPS) is 18.5. The lowest BCUT2D eigenvalue weighted by molar-refractivity contribution is -0.245. The van der Waals surface area contributed by atoms with E-state index in [0.29, 0.717) is 0 Å². The molecule has 0 aromatic rings. The minimum absolute atomic E-state index is 0.170. The molecule has 68 valence electrons. The molecule has 0 fully saturated rings. The molecule has 0 aromatic heterocycles. The van der Waals surface area contributed by atoms with E-state index >= 15 is 0 Å². The number of hydrogen-bond donors (Lipinski definition) is 0. The molecule has 0 N–H and O–H groups in total. The van der Waals surface area contributed by atoms with Crippen LogP contribution in [0.1, 0.15) is 6.92 Å². The fourth-order valence-electron chi connectivity index (χ4n) is 0.760. The highest BCUT2D eigenvalue weighted by Gasteiger charge is 2.41. The first-order valence-corrected chi connectivity index (χ1v) is 5.59. The Morgan fingerprint density at radius 1 is 0.909 bits per heavy atom. The molecule has 0 amide bonds. The summed E-state index contributed by atoms with van der Waals surface area (Å²) < 4.78 is 15.9. The highest BCUT2D eigenvalue weighted by Crippen LogP contribution is 2.23. The fraction of sp³-hybridized carbons (Fsp3) is 1.00. The molecular formula is C6H18O3Si2.